The van der Waals surface area contributed by atoms with Crippen molar-refractivity contribution in [3.05, 3.63) is 35.4 Å². The fraction of sp³-hybridized carbons (Fsp3) is 0.526. The van der Waals surface area contributed by atoms with Gasteiger partial charge < -0.3 is 5.11 Å². The average molecular weight is 282 g/mol. The van der Waals surface area contributed by atoms with Crippen LogP contribution in [0.2, 0.25) is 0 Å². The Labute approximate surface area is 125 Å². The number of allylic oxidation sites excluding steroid dienone is 2. The number of hydrogen-bond donors (Lipinski definition) is 1. The van der Waals surface area contributed by atoms with Gasteiger partial charge in [-0.05, 0) is 72.8 Å². The predicted molar refractivity (Wildman–Crippen MR) is 83.0 cm³/mol. The Morgan fingerprint density at radius 2 is 2.14 bits per heavy atom. The van der Waals surface area contributed by atoms with Gasteiger partial charge in [0.1, 0.15) is 11.5 Å². The quantitative estimate of drug-likeness (QED) is 0.841. The maximum absolute atomic E-state index is 12.5. The largest absolute Gasteiger partial charge is 0.508 e. The van der Waals surface area contributed by atoms with Crippen LogP contribution in [0.5, 0.6) is 5.75 Å². The van der Waals surface area contributed by atoms with Crippen LogP contribution in [0.1, 0.15) is 50.2 Å². The van der Waals surface area contributed by atoms with Crippen molar-refractivity contribution in [3.63, 3.8) is 0 Å². The Kier molecular flexibility index (Phi) is 2.79. The lowest BCUT2D eigenvalue weighted by molar-refractivity contribution is -0.128. The first kappa shape index (κ1) is 13.1. The molecule has 0 unspecified atom stereocenters. The minimum atomic E-state index is -0.0669. The van der Waals surface area contributed by atoms with Crippen LogP contribution in [0.15, 0.2) is 24.3 Å². The molecular formula is C19H22O2. The molecule has 1 aromatic rings. The highest BCUT2D eigenvalue weighted by atomic mass is 16.3. The summed E-state index contributed by atoms with van der Waals surface area (Å²) in [7, 11) is 0. The summed E-state index contributed by atoms with van der Waals surface area (Å²) in [6.45, 7) is 2.18. The van der Waals surface area contributed by atoms with E-state index in [0.717, 1.165) is 38.5 Å². The number of Topliss-reactive ketones (excluding diaryl/α,β-unsaturated/α-hetero) is 1. The summed E-state index contributed by atoms with van der Waals surface area (Å²) in [6, 6.07) is 5.77. The SMILES string of the molecule is CC[C@]12CC=C3c4ccc(O)cc4CC[C@H]3[C@@H]1CCC2=O. The van der Waals surface area contributed by atoms with Gasteiger partial charge in [0.15, 0.2) is 0 Å². The molecule has 2 nitrogen and oxygen atoms in total. The molecule has 0 amide bonds. The maximum Gasteiger partial charge on any atom is 0.139 e. The van der Waals surface area contributed by atoms with E-state index in [1.54, 1.807) is 6.07 Å². The summed E-state index contributed by atoms with van der Waals surface area (Å²) in [5, 5.41) is 9.68. The summed E-state index contributed by atoms with van der Waals surface area (Å²) in [6.07, 6.45) is 8.24. The Balaban J connectivity index is 1.81. The normalized spacial score (nSPS) is 34.0. The van der Waals surface area contributed by atoms with E-state index in [-0.39, 0.29) is 5.41 Å². The molecule has 0 aromatic heterocycles. The molecule has 0 aliphatic heterocycles. The standard InChI is InChI=1S/C19H22O2/c1-2-19-10-9-15-14-6-4-13(20)11-12(14)3-5-16(15)17(19)7-8-18(19)21/h4,6,9,11,16-17,20H,2-3,5,7-8,10H2,1H3/t16-,17+,19+/m1/s1. The van der Waals surface area contributed by atoms with Crippen LogP contribution in [0.25, 0.3) is 5.57 Å². The lowest BCUT2D eigenvalue weighted by Gasteiger charge is -2.44. The minimum absolute atomic E-state index is 0.0669. The molecule has 21 heavy (non-hydrogen) atoms. The van der Waals surface area contributed by atoms with E-state index in [9.17, 15) is 9.90 Å². The van der Waals surface area contributed by atoms with E-state index >= 15 is 0 Å². The fourth-order valence-corrected chi connectivity index (χ4v) is 5.18. The molecule has 0 bridgehead atoms. The average Bonchev–Trinajstić information content (AvgIpc) is 2.84. The molecule has 4 rings (SSSR count). The number of benzene rings is 1. The fourth-order valence-electron chi connectivity index (χ4n) is 5.18. The maximum atomic E-state index is 12.5. The van der Waals surface area contributed by atoms with Crippen LogP contribution in [0.3, 0.4) is 0 Å². The minimum Gasteiger partial charge on any atom is -0.508 e. The molecule has 0 saturated heterocycles. The summed E-state index contributed by atoms with van der Waals surface area (Å²) in [5.74, 6) is 1.95. The second-order valence-electron chi connectivity index (χ2n) is 6.93. The number of aromatic hydroxyl groups is 1. The third-order valence-corrected chi connectivity index (χ3v) is 6.27. The first-order valence-electron chi connectivity index (χ1n) is 8.21. The van der Waals surface area contributed by atoms with Gasteiger partial charge in [-0.25, -0.2) is 0 Å². The van der Waals surface area contributed by atoms with Crippen LogP contribution in [-0.2, 0) is 11.2 Å². The topological polar surface area (TPSA) is 37.3 Å². The molecule has 3 atom stereocenters. The van der Waals surface area contributed by atoms with E-state index < -0.39 is 0 Å². The molecule has 2 heteroatoms. The highest BCUT2D eigenvalue weighted by molar-refractivity contribution is 5.89. The first-order valence-corrected chi connectivity index (χ1v) is 8.21. The van der Waals surface area contributed by atoms with E-state index in [4.69, 9.17) is 0 Å². The first-order chi connectivity index (χ1) is 10.2. The van der Waals surface area contributed by atoms with Gasteiger partial charge in [0.25, 0.3) is 0 Å². The third kappa shape index (κ3) is 1.68. The molecule has 0 heterocycles. The molecule has 0 radical (unpaired) electrons. The van der Waals surface area contributed by atoms with Gasteiger partial charge in [-0.3, -0.25) is 4.79 Å². The number of hydrogen-bond acceptors (Lipinski definition) is 2. The van der Waals surface area contributed by atoms with E-state index in [1.807, 2.05) is 6.07 Å². The highest BCUT2D eigenvalue weighted by Gasteiger charge is 2.53. The van der Waals surface area contributed by atoms with Crippen molar-refractivity contribution in [2.45, 2.75) is 45.4 Å². The second-order valence-corrected chi connectivity index (χ2v) is 6.93. The Morgan fingerprint density at radius 1 is 1.29 bits per heavy atom. The van der Waals surface area contributed by atoms with Crippen LogP contribution in [0, 0.1) is 17.3 Å². The summed E-state index contributed by atoms with van der Waals surface area (Å²) < 4.78 is 0. The van der Waals surface area contributed by atoms with Crippen LogP contribution >= 0.6 is 0 Å². The highest BCUT2D eigenvalue weighted by Crippen LogP contribution is 2.58. The van der Waals surface area contributed by atoms with Gasteiger partial charge >= 0.3 is 0 Å². The number of fused-ring (bicyclic) bond motifs is 5. The van der Waals surface area contributed by atoms with Crippen molar-refractivity contribution in [2.75, 3.05) is 0 Å². The van der Waals surface area contributed by atoms with Crippen LogP contribution in [0.4, 0.5) is 0 Å². The number of aryl methyl sites for hydroxylation is 1. The van der Waals surface area contributed by atoms with Gasteiger partial charge in [-0.2, -0.15) is 0 Å². The van der Waals surface area contributed by atoms with Gasteiger partial charge in [-0.1, -0.05) is 19.1 Å². The molecule has 3 aliphatic carbocycles. The molecular weight excluding hydrogens is 260 g/mol. The monoisotopic (exact) mass is 282 g/mol. The molecule has 0 spiro atoms. The lowest BCUT2D eigenvalue weighted by atomic mass is 9.58. The van der Waals surface area contributed by atoms with Crippen molar-refractivity contribution in [1.82, 2.24) is 0 Å². The number of rotatable bonds is 1. The smallest absolute Gasteiger partial charge is 0.139 e. The van der Waals surface area contributed by atoms with Crippen molar-refractivity contribution in [3.8, 4) is 5.75 Å². The van der Waals surface area contributed by atoms with E-state index in [0.29, 0.717) is 23.4 Å². The van der Waals surface area contributed by atoms with Crippen LogP contribution < -0.4 is 0 Å². The van der Waals surface area contributed by atoms with Crippen molar-refractivity contribution < 1.29 is 9.90 Å². The van der Waals surface area contributed by atoms with E-state index in [1.165, 1.54) is 16.7 Å². The number of carbonyl (C=O) groups is 1. The molecule has 1 saturated carbocycles. The number of phenols is 1. The van der Waals surface area contributed by atoms with Gasteiger partial charge in [-0.15, -0.1) is 0 Å². The Morgan fingerprint density at radius 3 is 2.95 bits per heavy atom. The molecule has 3 aliphatic rings. The van der Waals surface area contributed by atoms with Crippen LogP contribution in [-0.4, -0.2) is 10.9 Å². The van der Waals surface area contributed by atoms with E-state index in [2.05, 4.69) is 19.1 Å². The van der Waals surface area contributed by atoms with Gasteiger partial charge in [0, 0.05) is 11.8 Å². The Hall–Kier alpha value is -1.57. The molecule has 1 N–H and O–H groups in total. The predicted octanol–water partition coefficient (Wildman–Crippen LogP) is 4.12. The zero-order chi connectivity index (χ0) is 14.6. The number of phenolic OH excluding ortho intramolecular Hbond substituents is 1. The van der Waals surface area contributed by atoms with Crippen molar-refractivity contribution in [1.29, 1.82) is 0 Å². The molecule has 1 fully saturated rings. The molecule has 1 aromatic carbocycles. The zero-order valence-electron chi connectivity index (χ0n) is 12.6. The Bertz CT molecular complexity index is 643. The third-order valence-electron chi connectivity index (χ3n) is 6.27. The van der Waals surface area contributed by atoms with Crippen molar-refractivity contribution >= 4 is 11.4 Å². The summed E-state index contributed by atoms with van der Waals surface area (Å²) >= 11 is 0. The molecule has 110 valence electrons. The van der Waals surface area contributed by atoms with Gasteiger partial charge in [0.05, 0.1) is 0 Å². The second kappa shape index (κ2) is 4.46. The van der Waals surface area contributed by atoms with Gasteiger partial charge in [0.2, 0.25) is 0 Å². The number of ketones is 1. The lowest BCUT2D eigenvalue weighted by Crippen LogP contribution is -2.39. The zero-order valence-corrected chi connectivity index (χ0v) is 12.6. The summed E-state index contributed by atoms with van der Waals surface area (Å²) in [4.78, 5) is 12.5. The number of carbonyl (C=O) groups excluding carboxylic acids is 1. The summed E-state index contributed by atoms with van der Waals surface area (Å²) in [5.41, 5.74) is 3.96. The van der Waals surface area contributed by atoms with Crippen molar-refractivity contribution in [2.24, 2.45) is 17.3 Å².